The highest BCUT2D eigenvalue weighted by Crippen LogP contribution is 2.36. The molecule has 0 fully saturated rings. The van der Waals surface area contributed by atoms with Gasteiger partial charge in [0.15, 0.2) is 11.5 Å². The van der Waals surface area contributed by atoms with Gasteiger partial charge in [0.05, 0.1) is 12.1 Å². The minimum absolute atomic E-state index is 0.0514. The summed E-state index contributed by atoms with van der Waals surface area (Å²) in [5.74, 6) is 1.15. The van der Waals surface area contributed by atoms with E-state index in [2.05, 4.69) is 5.43 Å². The number of amides is 1. The number of carbonyl (C=O) groups excluding carboxylic acids is 1. The molecule has 2 aromatic rings. The second-order valence-electron chi connectivity index (χ2n) is 3.69. The third-order valence-electron chi connectivity index (χ3n) is 2.62. The van der Waals surface area contributed by atoms with E-state index >= 15 is 0 Å². The van der Waals surface area contributed by atoms with Crippen molar-refractivity contribution in [2.45, 2.75) is 0 Å². The fraction of sp³-hybridized carbons (Fsp3) is 0.182. The average Bonchev–Trinajstić information content (AvgIpc) is 2.93. The van der Waals surface area contributed by atoms with Crippen LogP contribution in [-0.2, 0) is 4.79 Å². The minimum Gasteiger partial charge on any atom is -0.454 e. The van der Waals surface area contributed by atoms with Crippen molar-refractivity contribution in [1.29, 1.82) is 0 Å². The Morgan fingerprint density at radius 3 is 2.94 bits per heavy atom. The molecule has 0 atom stereocenters. The molecule has 6 heteroatoms. The van der Waals surface area contributed by atoms with Gasteiger partial charge >= 0.3 is 0 Å². The van der Waals surface area contributed by atoms with Crippen LogP contribution in [0.2, 0.25) is 0 Å². The summed E-state index contributed by atoms with van der Waals surface area (Å²) < 4.78 is 12.2. The highest BCUT2D eigenvalue weighted by Gasteiger charge is 2.16. The Labute approximate surface area is 96.9 Å². The Balaban J connectivity index is 2.06. The minimum atomic E-state index is -0.250. The van der Waals surface area contributed by atoms with Gasteiger partial charge in [0.2, 0.25) is 6.79 Å². The van der Waals surface area contributed by atoms with Crippen LogP contribution in [0.3, 0.4) is 0 Å². The third-order valence-corrected chi connectivity index (χ3v) is 2.62. The molecule has 6 nitrogen and oxygen atoms in total. The van der Waals surface area contributed by atoms with E-state index < -0.39 is 0 Å². The van der Waals surface area contributed by atoms with E-state index in [9.17, 15) is 4.79 Å². The first-order valence-corrected chi connectivity index (χ1v) is 5.18. The number of aromatic nitrogens is 1. The van der Waals surface area contributed by atoms with E-state index in [-0.39, 0.29) is 19.2 Å². The van der Waals surface area contributed by atoms with Crippen molar-refractivity contribution < 1.29 is 14.3 Å². The Kier molecular flexibility index (Phi) is 2.15. The molecule has 1 aliphatic heterocycles. The zero-order valence-electron chi connectivity index (χ0n) is 8.97. The number of benzene rings is 1. The normalized spacial score (nSPS) is 13.0. The smallest absolute Gasteiger partial charge is 0.252 e. The standard InChI is InChI=1S/C11H11N3O3/c12-5-11(15)13-14-2-1-7-3-9-10(4-8(7)14)17-6-16-9/h1-4H,5-6,12H2,(H,13,15). The number of nitrogens with one attached hydrogen (secondary N) is 1. The largest absolute Gasteiger partial charge is 0.454 e. The van der Waals surface area contributed by atoms with Crippen molar-refractivity contribution in [1.82, 2.24) is 4.68 Å². The average molecular weight is 233 g/mol. The van der Waals surface area contributed by atoms with Gasteiger partial charge < -0.3 is 15.2 Å². The summed E-state index contributed by atoms with van der Waals surface area (Å²) in [5, 5.41) is 0.964. The van der Waals surface area contributed by atoms with Crippen LogP contribution in [0.25, 0.3) is 10.9 Å². The molecule has 1 aliphatic rings. The van der Waals surface area contributed by atoms with Crippen LogP contribution in [0.1, 0.15) is 0 Å². The molecule has 3 N–H and O–H groups in total. The zero-order valence-corrected chi connectivity index (χ0v) is 8.97. The molecule has 1 aromatic carbocycles. The molecule has 0 spiro atoms. The summed E-state index contributed by atoms with van der Waals surface area (Å²) in [7, 11) is 0. The number of ether oxygens (including phenoxy) is 2. The van der Waals surface area contributed by atoms with E-state index in [4.69, 9.17) is 15.2 Å². The fourth-order valence-electron chi connectivity index (χ4n) is 1.80. The van der Waals surface area contributed by atoms with E-state index in [1.165, 1.54) is 0 Å². The maximum atomic E-state index is 11.2. The SMILES string of the molecule is NCC(=O)Nn1ccc2cc3c(cc21)OCO3. The third kappa shape index (κ3) is 1.58. The zero-order chi connectivity index (χ0) is 11.8. The van der Waals surface area contributed by atoms with Crippen molar-refractivity contribution in [2.24, 2.45) is 5.73 Å². The first kappa shape index (κ1) is 9.98. The van der Waals surface area contributed by atoms with E-state index in [1.54, 1.807) is 10.9 Å². The number of fused-ring (bicyclic) bond motifs is 2. The lowest BCUT2D eigenvalue weighted by atomic mass is 10.2. The van der Waals surface area contributed by atoms with Gasteiger partial charge in [-0.3, -0.25) is 14.9 Å². The van der Waals surface area contributed by atoms with Gasteiger partial charge in [0.1, 0.15) is 0 Å². The van der Waals surface area contributed by atoms with Crippen molar-refractivity contribution >= 4 is 16.8 Å². The van der Waals surface area contributed by atoms with Gasteiger partial charge in [-0.2, -0.15) is 0 Å². The van der Waals surface area contributed by atoms with Gasteiger partial charge in [-0.15, -0.1) is 0 Å². The van der Waals surface area contributed by atoms with Crippen LogP contribution in [-0.4, -0.2) is 23.9 Å². The molecule has 0 bridgehead atoms. The molecular weight excluding hydrogens is 222 g/mol. The molecule has 0 radical (unpaired) electrons. The lowest BCUT2D eigenvalue weighted by Crippen LogP contribution is -2.28. The van der Waals surface area contributed by atoms with Crippen molar-refractivity contribution in [3.63, 3.8) is 0 Å². The molecule has 1 aromatic heterocycles. The highest BCUT2D eigenvalue weighted by molar-refractivity contribution is 5.90. The predicted molar refractivity (Wildman–Crippen MR) is 61.5 cm³/mol. The second-order valence-corrected chi connectivity index (χ2v) is 3.69. The van der Waals surface area contributed by atoms with Gasteiger partial charge in [-0.25, -0.2) is 0 Å². The Bertz CT molecular complexity index is 591. The molecule has 17 heavy (non-hydrogen) atoms. The summed E-state index contributed by atoms with van der Waals surface area (Å²) in [5.41, 5.74) is 8.76. The maximum absolute atomic E-state index is 11.2. The Morgan fingerprint density at radius 1 is 1.41 bits per heavy atom. The predicted octanol–water partition coefficient (Wildman–Crippen LogP) is 0.399. The second kappa shape index (κ2) is 3.67. The van der Waals surface area contributed by atoms with Crippen LogP contribution in [0, 0.1) is 0 Å². The maximum Gasteiger partial charge on any atom is 0.252 e. The van der Waals surface area contributed by atoms with E-state index in [0.717, 1.165) is 16.7 Å². The molecule has 2 heterocycles. The van der Waals surface area contributed by atoms with Crippen LogP contribution < -0.4 is 20.6 Å². The molecule has 0 unspecified atom stereocenters. The number of rotatable bonds is 2. The molecule has 88 valence electrons. The quantitative estimate of drug-likeness (QED) is 0.787. The fourth-order valence-corrected chi connectivity index (χ4v) is 1.80. The Morgan fingerprint density at radius 2 is 2.18 bits per heavy atom. The summed E-state index contributed by atoms with van der Waals surface area (Å²) in [4.78, 5) is 11.2. The van der Waals surface area contributed by atoms with Gasteiger partial charge in [0, 0.05) is 17.6 Å². The number of nitrogens with zero attached hydrogens (tertiary/aromatic N) is 1. The summed E-state index contributed by atoms with van der Waals surface area (Å²) in [6.07, 6.45) is 1.76. The topological polar surface area (TPSA) is 78.5 Å². The molecule has 0 saturated carbocycles. The molecule has 1 amide bonds. The van der Waals surface area contributed by atoms with Crippen molar-refractivity contribution in [3.05, 3.63) is 24.4 Å². The monoisotopic (exact) mass is 233 g/mol. The van der Waals surface area contributed by atoms with E-state index in [0.29, 0.717) is 5.75 Å². The van der Waals surface area contributed by atoms with Crippen molar-refractivity contribution in [3.8, 4) is 11.5 Å². The van der Waals surface area contributed by atoms with Crippen molar-refractivity contribution in [2.75, 3.05) is 18.8 Å². The van der Waals surface area contributed by atoms with Gasteiger partial charge in [-0.05, 0) is 12.1 Å². The highest BCUT2D eigenvalue weighted by atomic mass is 16.7. The van der Waals surface area contributed by atoms with Crippen LogP contribution >= 0.6 is 0 Å². The molecule has 0 aliphatic carbocycles. The lowest BCUT2D eigenvalue weighted by molar-refractivity contribution is -0.115. The number of hydrogen-bond donors (Lipinski definition) is 2. The first-order chi connectivity index (χ1) is 8.28. The number of hydrogen-bond acceptors (Lipinski definition) is 4. The van der Waals surface area contributed by atoms with Crippen LogP contribution in [0.15, 0.2) is 24.4 Å². The number of nitrogens with two attached hydrogens (primary N) is 1. The summed E-state index contributed by atoms with van der Waals surface area (Å²) >= 11 is 0. The molecule has 0 saturated heterocycles. The van der Waals surface area contributed by atoms with Gasteiger partial charge in [-0.1, -0.05) is 0 Å². The summed E-state index contributed by atoms with van der Waals surface area (Å²) in [6, 6.07) is 5.59. The van der Waals surface area contributed by atoms with Gasteiger partial charge in [0.25, 0.3) is 5.91 Å². The lowest BCUT2D eigenvalue weighted by Gasteiger charge is -2.06. The number of carbonyl (C=O) groups is 1. The van der Waals surface area contributed by atoms with Crippen LogP contribution in [0.4, 0.5) is 0 Å². The van der Waals surface area contributed by atoms with E-state index in [1.807, 2.05) is 18.2 Å². The molecular formula is C11H11N3O3. The summed E-state index contributed by atoms with van der Waals surface area (Å²) in [6.45, 7) is 0.182. The van der Waals surface area contributed by atoms with Crippen LogP contribution in [0.5, 0.6) is 11.5 Å². The first-order valence-electron chi connectivity index (χ1n) is 5.18. The molecule has 3 rings (SSSR count). The Hall–Kier alpha value is -2.21.